The first-order valence-electron chi connectivity index (χ1n) is 24.5. The molecule has 7 atom stereocenters. The Hall–Kier alpha value is -7.56. The van der Waals surface area contributed by atoms with Crippen molar-refractivity contribution in [2.24, 2.45) is 17.2 Å². The minimum absolute atomic E-state index is 0.0117. The van der Waals surface area contributed by atoms with Crippen LogP contribution in [-0.4, -0.2) is 126 Å². The second kappa shape index (κ2) is 29.6. The number of primary amides is 1. The summed E-state index contributed by atoms with van der Waals surface area (Å²) in [6.07, 6.45) is 3.37. The third kappa shape index (κ3) is 19.0. The number of guanidine groups is 1. The number of benzene rings is 2. The maximum absolute atomic E-state index is 14.5. The molecule has 0 aliphatic carbocycles. The Bertz CT molecular complexity index is 2340. The van der Waals surface area contributed by atoms with Gasteiger partial charge in [-0.25, -0.2) is 0 Å². The summed E-state index contributed by atoms with van der Waals surface area (Å²) in [4.78, 5) is 127. The van der Waals surface area contributed by atoms with Gasteiger partial charge in [-0.05, 0) is 75.1 Å². The van der Waals surface area contributed by atoms with E-state index in [0.29, 0.717) is 36.8 Å². The lowest BCUT2D eigenvalue weighted by atomic mass is 10.0. The van der Waals surface area contributed by atoms with Gasteiger partial charge in [-0.3, -0.25) is 48.6 Å². The fourth-order valence-electron chi connectivity index (χ4n) is 8.18. The van der Waals surface area contributed by atoms with Crippen molar-refractivity contribution in [1.82, 2.24) is 52.8 Å². The smallest absolute Gasteiger partial charge is 0.243 e. The predicted octanol–water partition coefficient (Wildman–Crippen LogP) is -1.27. The van der Waals surface area contributed by atoms with Crippen LogP contribution >= 0.6 is 0 Å². The number of aromatic nitrogens is 1. The topological polar surface area (TPSA) is 380 Å². The standard InChI is InChI=1S/C49H72N14O9/c1-3-4-16-34(57-29(2)64)43(67)60-37-20-21-41(65)54-25-22-38(47(71)62-39(42(51)66)27-31-28-56-33-17-9-8-15-32(31)33)61-44(68)36(19-12-24-55-49(52)53)59-48(72)40(26-30-13-6-5-7-14-30)63-45(69)35(58-46(37)70)18-10-11-23-50/h5-9,13-15,17,28,34-40,56H,3-4,10-12,16,18-27,50H2,1-2H3,(H2,51,66)(H,54,65)(H,57,64)(H,58,70)(H,59,72)(H,60,67)(H,61,68)(H,62,71)(H,63,69)(H4,52,53,55)/t34-,35-,36-,37-,38-,39-,40+/m0/s1. The summed E-state index contributed by atoms with van der Waals surface area (Å²) in [6, 6.07) is 7.04. The molecule has 0 bridgehead atoms. The number of hydrogen-bond acceptors (Lipinski definition) is 11. The van der Waals surface area contributed by atoms with Gasteiger partial charge in [0.05, 0.1) is 0 Å². The zero-order chi connectivity index (χ0) is 52.6. The molecule has 0 saturated carbocycles. The number of carbonyl (C=O) groups is 9. The molecule has 0 unspecified atom stereocenters. The molecule has 4 rings (SSSR count). The van der Waals surface area contributed by atoms with Crippen molar-refractivity contribution in [1.29, 1.82) is 5.41 Å². The quantitative estimate of drug-likeness (QED) is 0.0338. The first-order chi connectivity index (χ1) is 34.5. The zero-order valence-electron chi connectivity index (χ0n) is 41.0. The maximum Gasteiger partial charge on any atom is 0.243 e. The summed E-state index contributed by atoms with van der Waals surface area (Å²) >= 11 is 0. The van der Waals surface area contributed by atoms with Gasteiger partial charge in [0, 0.05) is 56.4 Å². The van der Waals surface area contributed by atoms with Gasteiger partial charge < -0.3 is 70.0 Å². The molecule has 1 aromatic heterocycles. The molecule has 1 saturated heterocycles. The summed E-state index contributed by atoms with van der Waals surface area (Å²) in [5, 5.41) is 32.6. The summed E-state index contributed by atoms with van der Waals surface area (Å²) in [6.45, 7) is 3.36. The molecule has 2 heterocycles. The van der Waals surface area contributed by atoms with Crippen molar-refractivity contribution in [3.8, 4) is 0 Å². The number of fused-ring (bicyclic) bond motifs is 1. The lowest BCUT2D eigenvalue weighted by Crippen LogP contribution is -2.60. The van der Waals surface area contributed by atoms with Gasteiger partial charge in [-0.1, -0.05) is 68.3 Å². The molecule has 1 fully saturated rings. The largest absolute Gasteiger partial charge is 0.370 e. The van der Waals surface area contributed by atoms with Gasteiger partial charge in [0.1, 0.15) is 42.3 Å². The number of para-hydroxylation sites is 1. The highest BCUT2D eigenvalue weighted by Gasteiger charge is 2.35. The fourth-order valence-corrected chi connectivity index (χ4v) is 8.18. The number of nitrogens with two attached hydrogens (primary N) is 3. The molecule has 1 aliphatic heterocycles. The van der Waals surface area contributed by atoms with E-state index in [1.54, 1.807) is 36.5 Å². The minimum Gasteiger partial charge on any atom is -0.370 e. The first kappa shape index (κ1) is 57.0. The first-order valence-corrected chi connectivity index (χ1v) is 24.5. The molecule has 23 heteroatoms. The van der Waals surface area contributed by atoms with E-state index in [0.717, 1.165) is 10.9 Å². The zero-order valence-corrected chi connectivity index (χ0v) is 41.0. The van der Waals surface area contributed by atoms with Crippen molar-refractivity contribution in [3.05, 3.63) is 71.9 Å². The number of unbranched alkanes of at least 4 members (excludes halogenated alkanes) is 2. The van der Waals surface area contributed by atoms with Crippen LogP contribution in [0.25, 0.3) is 10.9 Å². The van der Waals surface area contributed by atoms with Crippen LogP contribution in [0.4, 0.5) is 0 Å². The van der Waals surface area contributed by atoms with E-state index in [-0.39, 0.29) is 83.4 Å². The van der Waals surface area contributed by atoms with Crippen LogP contribution in [0, 0.1) is 5.41 Å². The molecule has 17 N–H and O–H groups in total. The highest BCUT2D eigenvalue weighted by Crippen LogP contribution is 2.19. The Labute approximate surface area is 418 Å². The molecule has 0 radical (unpaired) electrons. The van der Waals surface area contributed by atoms with Crippen LogP contribution in [0.5, 0.6) is 0 Å². The Morgan fingerprint density at radius 2 is 1.42 bits per heavy atom. The third-order valence-electron chi connectivity index (χ3n) is 12.1. The van der Waals surface area contributed by atoms with E-state index >= 15 is 0 Å². The van der Waals surface area contributed by atoms with E-state index in [1.165, 1.54) is 6.92 Å². The molecule has 392 valence electrons. The van der Waals surface area contributed by atoms with Crippen molar-refractivity contribution in [2.45, 2.75) is 140 Å². The Morgan fingerprint density at radius 3 is 2.10 bits per heavy atom. The average Bonchev–Trinajstić information content (AvgIpc) is 3.75. The van der Waals surface area contributed by atoms with Gasteiger partial charge >= 0.3 is 0 Å². The van der Waals surface area contributed by atoms with Gasteiger partial charge in [0.2, 0.25) is 53.2 Å². The molecule has 3 aromatic rings. The second-order valence-corrected chi connectivity index (χ2v) is 17.9. The third-order valence-corrected chi connectivity index (χ3v) is 12.1. The molecule has 1 aliphatic rings. The molecule has 23 nitrogen and oxygen atoms in total. The average molecular weight is 1000 g/mol. The minimum atomic E-state index is -1.43. The number of carbonyl (C=O) groups excluding carboxylic acids is 9. The number of amides is 9. The number of rotatable bonds is 21. The van der Waals surface area contributed by atoms with Crippen LogP contribution in [0.1, 0.15) is 95.6 Å². The van der Waals surface area contributed by atoms with Gasteiger partial charge in [0.15, 0.2) is 5.96 Å². The van der Waals surface area contributed by atoms with Crippen molar-refractivity contribution in [2.75, 3.05) is 19.6 Å². The van der Waals surface area contributed by atoms with Crippen LogP contribution in [-0.2, 0) is 56.0 Å². The van der Waals surface area contributed by atoms with Crippen LogP contribution in [0.3, 0.4) is 0 Å². The van der Waals surface area contributed by atoms with Crippen LogP contribution in [0.2, 0.25) is 0 Å². The van der Waals surface area contributed by atoms with E-state index in [1.807, 2.05) is 31.2 Å². The predicted molar refractivity (Wildman–Crippen MR) is 269 cm³/mol. The normalized spacial score (nSPS) is 20.3. The van der Waals surface area contributed by atoms with E-state index in [9.17, 15) is 43.2 Å². The van der Waals surface area contributed by atoms with Crippen LogP contribution < -0.4 is 65.1 Å². The van der Waals surface area contributed by atoms with Crippen molar-refractivity contribution >= 4 is 70.0 Å². The van der Waals surface area contributed by atoms with Crippen molar-refractivity contribution < 1.29 is 43.2 Å². The second-order valence-electron chi connectivity index (χ2n) is 17.9. The SMILES string of the molecule is CCCC[C@H](NC(C)=O)C(=O)N[C@H]1CCC(=O)NCC[C@@H](C(=O)N[C@@H](Cc2c[nH]c3ccccc23)C(N)=O)NC(=O)[C@H](CCCNC(=N)N)NC(=O)[C@@H](Cc2ccccc2)NC(=O)[C@H](CCCCN)NC1=O. The molecule has 2 aromatic carbocycles. The lowest BCUT2D eigenvalue weighted by molar-refractivity contribution is -0.136. The van der Waals surface area contributed by atoms with Crippen LogP contribution in [0.15, 0.2) is 60.8 Å². The van der Waals surface area contributed by atoms with Gasteiger partial charge in [-0.2, -0.15) is 0 Å². The Kier molecular flexibility index (Phi) is 23.4. The van der Waals surface area contributed by atoms with Crippen molar-refractivity contribution in [3.63, 3.8) is 0 Å². The van der Waals surface area contributed by atoms with Gasteiger partial charge in [-0.15, -0.1) is 0 Å². The summed E-state index contributed by atoms with van der Waals surface area (Å²) < 4.78 is 0. The molecule has 0 spiro atoms. The van der Waals surface area contributed by atoms with Gasteiger partial charge in [0.25, 0.3) is 0 Å². The number of nitrogens with one attached hydrogen (secondary N) is 11. The highest BCUT2D eigenvalue weighted by molar-refractivity contribution is 5.98. The summed E-state index contributed by atoms with van der Waals surface area (Å²) in [7, 11) is 0. The lowest BCUT2D eigenvalue weighted by Gasteiger charge is -2.28. The molecule has 9 amide bonds. The highest BCUT2D eigenvalue weighted by atomic mass is 16.2. The van der Waals surface area contributed by atoms with E-state index in [4.69, 9.17) is 22.6 Å². The molecular formula is C49H72N14O9. The Balaban J connectivity index is 1.74. The summed E-state index contributed by atoms with van der Waals surface area (Å²) in [5.74, 6) is -6.98. The summed E-state index contributed by atoms with van der Waals surface area (Å²) in [5.41, 5.74) is 19.2. The Morgan fingerprint density at radius 1 is 0.764 bits per heavy atom. The molecule has 72 heavy (non-hydrogen) atoms. The maximum atomic E-state index is 14.5. The van der Waals surface area contributed by atoms with E-state index < -0.39 is 95.5 Å². The number of aromatic amines is 1. The number of hydrogen-bond donors (Lipinski definition) is 14. The number of H-pyrrole nitrogens is 1. The molecular weight excluding hydrogens is 929 g/mol. The monoisotopic (exact) mass is 1000 g/mol. The fraction of sp³-hybridized carbons (Fsp3) is 0.510. The van der Waals surface area contributed by atoms with E-state index in [2.05, 4.69) is 52.8 Å².